The van der Waals surface area contributed by atoms with Gasteiger partial charge in [-0.2, -0.15) is 0 Å². The van der Waals surface area contributed by atoms with Gasteiger partial charge in [0.2, 0.25) is 0 Å². The number of aliphatic carboxylic acids is 1. The third kappa shape index (κ3) is 6.31. The van der Waals surface area contributed by atoms with Gasteiger partial charge >= 0.3 is 0 Å². The molecule has 0 saturated heterocycles. The van der Waals surface area contributed by atoms with Gasteiger partial charge in [-0.25, -0.2) is 4.39 Å². The van der Waals surface area contributed by atoms with E-state index < -0.39 is 42.8 Å². The maximum Gasteiger partial charge on any atom is 0.252 e. The summed E-state index contributed by atoms with van der Waals surface area (Å²) in [6, 6.07) is 11.2. The minimum atomic E-state index is -2.31. The summed E-state index contributed by atoms with van der Waals surface area (Å²) in [7, 11) is 2.04. The lowest BCUT2D eigenvalue weighted by molar-refractivity contribution is -0.643. The van der Waals surface area contributed by atoms with E-state index in [1.165, 1.54) is 17.7 Å². The first-order valence-electron chi connectivity index (χ1n) is 11.6. The summed E-state index contributed by atoms with van der Waals surface area (Å²) >= 11 is 0. The normalized spacial score (nSPS) is 16.1. The van der Waals surface area contributed by atoms with Crippen molar-refractivity contribution in [2.75, 3.05) is 20.2 Å². The van der Waals surface area contributed by atoms with Crippen molar-refractivity contribution in [2.45, 2.75) is 37.4 Å². The van der Waals surface area contributed by atoms with Crippen molar-refractivity contribution in [2.24, 2.45) is 0 Å². The van der Waals surface area contributed by atoms with E-state index in [2.05, 4.69) is 39.9 Å². The van der Waals surface area contributed by atoms with Gasteiger partial charge < -0.3 is 51.1 Å². The Hall–Kier alpha value is -3.39. The van der Waals surface area contributed by atoms with Crippen LogP contribution in [0.2, 0.25) is 0 Å². The molecule has 4 atom stereocenters. The van der Waals surface area contributed by atoms with Crippen LogP contribution in [0.25, 0.3) is 22.2 Å². The number of halogens is 1. The molecular weight excluding hydrogens is 489 g/mol. The van der Waals surface area contributed by atoms with Crippen molar-refractivity contribution < 1.29 is 49.9 Å². The fourth-order valence-electron chi connectivity index (χ4n) is 4.14. The molecule has 0 radical (unpaired) electrons. The number of aliphatic hydroxyl groups is 5. The number of amides is 1. The zero-order chi connectivity index (χ0) is 27.3. The zero-order valence-electron chi connectivity index (χ0n) is 20.0. The number of aromatic nitrogens is 1. The molecule has 1 aromatic heterocycles. The van der Waals surface area contributed by atoms with Gasteiger partial charge in [-0.1, -0.05) is 24.3 Å². The maximum atomic E-state index is 13.9. The molecule has 3 aromatic rings. The Morgan fingerprint density at radius 3 is 2.41 bits per heavy atom. The van der Waals surface area contributed by atoms with Gasteiger partial charge in [-0.3, -0.25) is 4.79 Å². The monoisotopic (exact) mass is 519 g/mol. The summed E-state index contributed by atoms with van der Waals surface area (Å²) in [5, 5.41) is 59.2. The third-order valence-electron chi connectivity index (χ3n) is 6.05. The predicted molar refractivity (Wildman–Crippen MR) is 127 cm³/mol. The number of carbonyl (C=O) groups is 2. The van der Waals surface area contributed by atoms with Crippen molar-refractivity contribution >= 4 is 22.8 Å². The number of carboxylic acid groups (broad SMARTS) is 1. The molecule has 0 aliphatic carbocycles. The van der Waals surface area contributed by atoms with Crippen molar-refractivity contribution in [3.63, 3.8) is 0 Å². The molecule has 1 aliphatic rings. The fourth-order valence-corrected chi connectivity index (χ4v) is 4.14. The van der Waals surface area contributed by atoms with E-state index >= 15 is 0 Å². The molecule has 12 heteroatoms. The van der Waals surface area contributed by atoms with Gasteiger partial charge in [-0.05, 0) is 29.7 Å². The summed E-state index contributed by atoms with van der Waals surface area (Å²) in [5.41, 5.74) is 5.46. The summed E-state index contributed by atoms with van der Waals surface area (Å²) in [6.07, 6.45) is -7.35. The molecule has 4 rings (SSSR count). The Bertz CT molecular complexity index is 1250. The second kappa shape index (κ2) is 12.2. The molecular formula is C25H30FN3O8. The van der Waals surface area contributed by atoms with E-state index in [9.17, 15) is 19.1 Å². The van der Waals surface area contributed by atoms with Crippen LogP contribution in [-0.4, -0.2) is 87.0 Å². The van der Waals surface area contributed by atoms with E-state index in [1.54, 1.807) is 0 Å². The number of nitrogens with two attached hydrogens (primary N) is 1. The fraction of sp³-hybridized carbons (Fsp3) is 0.360. The second-order valence-corrected chi connectivity index (χ2v) is 8.66. The standard InChI is InChI=1S/C19H18FN3O.C6H12O7/c1-21-10-11-2-4-12(5-3-11)18-14-6-7-22-19(24)15-8-13(20)9-16(23-18)17(14)15;7-1-2(8)3(9)4(10)5(11)6(12)13/h2-5,8-9,21,23H,6-7,10H2,1H3,(H,22,24);2-5,7-11H,1H2,(H,12,13)/t;2-,3-,4+,5-/m.0/s1. The number of aliphatic hydroxyl groups excluding tert-OH is 5. The molecule has 1 aliphatic heterocycles. The number of aromatic amines is 1. The largest absolute Gasteiger partial charge is 0.547 e. The minimum Gasteiger partial charge on any atom is -0.547 e. The van der Waals surface area contributed by atoms with Crippen molar-refractivity contribution in [1.29, 1.82) is 0 Å². The molecule has 11 nitrogen and oxygen atoms in total. The maximum absolute atomic E-state index is 13.9. The molecule has 0 bridgehead atoms. The van der Waals surface area contributed by atoms with Crippen LogP contribution >= 0.6 is 0 Å². The quantitative estimate of drug-likeness (QED) is 0.155. The van der Waals surface area contributed by atoms with Gasteiger partial charge in [0.15, 0.2) is 0 Å². The molecule has 200 valence electrons. The summed E-state index contributed by atoms with van der Waals surface area (Å²) in [4.78, 5) is 25.5. The summed E-state index contributed by atoms with van der Waals surface area (Å²) in [5.74, 6) is -2.59. The average molecular weight is 520 g/mol. The molecule has 0 fully saturated rings. The van der Waals surface area contributed by atoms with Gasteiger partial charge in [0, 0.05) is 28.7 Å². The first kappa shape index (κ1) is 28.2. The first-order chi connectivity index (χ1) is 17.6. The molecule has 2 aromatic carbocycles. The number of carbonyl (C=O) groups excluding carboxylic acids is 2. The molecule has 0 unspecified atom stereocenters. The lowest BCUT2D eigenvalue weighted by Crippen LogP contribution is -2.77. The highest BCUT2D eigenvalue weighted by Gasteiger charge is 2.30. The van der Waals surface area contributed by atoms with Crippen molar-refractivity contribution in [3.8, 4) is 11.3 Å². The highest BCUT2D eigenvalue weighted by atomic mass is 19.1. The highest BCUT2D eigenvalue weighted by molar-refractivity contribution is 6.10. The summed E-state index contributed by atoms with van der Waals surface area (Å²) in [6.45, 7) is 0.629. The van der Waals surface area contributed by atoms with E-state index in [0.717, 1.165) is 35.2 Å². The topological polar surface area (TPSA) is 203 Å². The molecule has 9 N–H and O–H groups in total. The van der Waals surface area contributed by atoms with Crippen LogP contribution in [0.5, 0.6) is 0 Å². The van der Waals surface area contributed by atoms with E-state index in [1.807, 2.05) is 7.05 Å². The van der Waals surface area contributed by atoms with Crippen LogP contribution in [0.1, 0.15) is 21.5 Å². The number of rotatable bonds is 8. The lowest BCUT2D eigenvalue weighted by atomic mass is 9.99. The van der Waals surface area contributed by atoms with E-state index in [4.69, 9.17) is 25.5 Å². The van der Waals surface area contributed by atoms with E-state index in [0.29, 0.717) is 17.6 Å². The number of carboxylic acids is 1. The smallest absolute Gasteiger partial charge is 0.252 e. The number of quaternary nitrogens is 1. The van der Waals surface area contributed by atoms with Crippen LogP contribution < -0.4 is 15.7 Å². The zero-order valence-corrected chi connectivity index (χ0v) is 20.0. The van der Waals surface area contributed by atoms with Crippen LogP contribution in [0.4, 0.5) is 4.39 Å². The summed E-state index contributed by atoms with van der Waals surface area (Å²) < 4.78 is 13.9. The number of H-pyrrole nitrogens is 1. The van der Waals surface area contributed by atoms with Gasteiger partial charge in [0.05, 0.1) is 25.2 Å². The Morgan fingerprint density at radius 1 is 1.14 bits per heavy atom. The van der Waals surface area contributed by atoms with Crippen LogP contribution in [0.3, 0.4) is 0 Å². The Morgan fingerprint density at radius 2 is 1.81 bits per heavy atom. The number of nitrogens with one attached hydrogen (secondary N) is 2. The highest BCUT2D eigenvalue weighted by Crippen LogP contribution is 2.34. The molecule has 1 amide bonds. The van der Waals surface area contributed by atoms with Gasteiger partial charge in [0.25, 0.3) is 5.91 Å². The molecule has 0 saturated carbocycles. The lowest BCUT2D eigenvalue weighted by Gasteiger charge is -2.25. The van der Waals surface area contributed by atoms with Crippen LogP contribution in [-0.2, 0) is 17.8 Å². The second-order valence-electron chi connectivity index (χ2n) is 8.66. The Kier molecular flexibility index (Phi) is 9.32. The Labute approximate surface area is 211 Å². The van der Waals surface area contributed by atoms with Crippen LogP contribution in [0, 0.1) is 5.82 Å². The van der Waals surface area contributed by atoms with Gasteiger partial charge in [-0.15, -0.1) is 0 Å². The number of benzene rings is 2. The number of hydrogen-bond acceptors (Lipinski definition) is 8. The third-order valence-corrected chi connectivity index (χ3v) is 6.05. The van der Waals surface area contributed by atoms with E-state index in [-0.39, 0.29) is 5.91 Å². The van der Waals surface area contributed by atoms with Crippen LogP contribution in [0.15, 0.2) is 36.4 Å². The molecule has 2 heterocycles. The van der Waals surface area contributed by atoms with Gasteiger partial charge in [0.1, 0.15) is 36.8 Å². The Balaban J connectivity index is 0.000000251. The predicted octanol–water partition coefficient (Wildman–Crippen LogP) is -2.87. The van der Waals surface area contributed by atoms with Crippen molar-refractivity contribution in [1.82, 2.24) is 10.3 Å². The average Bonchev–Trinajstić information content (AvgIpc) is 3.16. The SMILES string of the molecule is C[NH2+]Cc1ccc(-c2[nH]c3cc(F)cc4c3c2CCNC4=O)cc1.O=C([O-])[C@@H](O)[C@H](O)[C@@H](O)[C@@H](O)CO. The number of hydrogen-bond donors (Lipinski definition) is 8. The molecule has 0 spiro atoms. The van der Waals surface area contributed by atoms with Crippen molar-refractivity contribution in [3.05, 3.63) is 58.9 Å². The minimum absolute atomic E-state index is 0.211. The molecule has 37 heavy (non-hydrogen) atoms. The first-order valence-corrected chi connectivity index (χ1v) is 11.6.